The van der Waals surface area contributed by atoms with Gasteiger partial charge in [-0.2, -0.15) is 0 Å². The number of fused-ring (bicyclic) bond motifs is 4. The third kappa shape index (κ3) is 0.693. The van der Waals surface area contributed by atoms with Crippen LogP contribution in [0.4, 0.5) is 0 Å². The molecule has 0 aromatic carbocycles. The Bertz CT molecular complexity index is 439. The maximum Gasteiger partial charge on any atom is 0.335 e. The highest BCUT2D eigenvalue weighted by Crippen LogP contribution is 2.57. The molecule has 2 heterocycles. The standard InChI is InChI=1S/C9H7NO6/c1-10-9-3-2(5(11)15-6(3)12)4(9)7(13)16-8(9)14/h2-4,10H,1H3. The van der Waals surface area contributed by atoms with Crippen molar-refractivity contribution >= 4 is 23.9 Å². The van der Waals surface area contributed by atoms with Crippen LogP contribution in [0.3, 0.4) is 0 Å². The Balaban J connectivity index is 2.13. The summed E-state index contributed by atoms with van der Waals surface area (Å²) in [7, 11) is 1.44. The first-order chi connectivity index (χ1) is 7.54. The summed E-state index contributed by atoms with van der Waals surface area (Å²) < 4.78 is 8.91. The Kier molecular flexibility index (Phi) is 1.47. The number of cyclic esters (lactones) is 4. The molecule has 0 amide bonds. The Morgan fingerprint density at radius 2 is 1.56 bits per heavy atom. The summed E-state index contributed by atoms with van der Waals surface area (Å²) in [6.45, 7) is 0. The van der Waals surface area contributed by atoms with Gasteiger partial charge in [-0.1, -0.05) is 0 Å². The highest BCUT2D eigenvalue weighted by atomic mass is 16.6. The molecular formula is C9H7NO6. The van der Waals surface area contributed by atoms with Gasteiger partial charge in [0, 0.05) is 0 Å². The molecule has 1 saturated carbocycles. The van der Waals surface area contributed by atoms with Crippen molar-refractivity contribution < 1.29 is 28.7 Å². The second-order valence-electron chi connectivity index (χ2n) is 4.05. The summed E-state index contributed by atoms with van der Waals surface area (Å²) in [6, 6.07) is 0. The van der Waals surface area contributed by atoms with E-state index in [1.807, 2.05) is 0 Å². The van der Waals surface area contributed by atoms with Crippen LogP contribution in [0.2, 0.25) is 0 Å². The minimum Gasteiger partial charge on any atom is -0.393 e. The molecule has 4 unspecified atom stereocenters. The van der Waals surface area contributed by atoms with E-state index in [1.54, 1.807) is 0 Å². The molecule has 84 valence electrons. The zero-order chi connectivity index (χ0) is 11.7. The lowest BCUT2D eigenvalue weighted by Crippen LogP contribution is -2.72. The predicted molar refractivity (Wildman–Crippen MR) is 44.5 cm³/mol. The van der Waals surface area contributed by atoms with Crippen molar-refractivity contribution in [2.45, 2.75) is 5.54 Å². The van der Waals surface area contributed by atoms with Gasteiger partial charge >= 0.3 is 23.9 Å². The van der Waals surface area contributed by atoms with Gasteiger partial charge in [0.25, 0.3) is 0 Å². The molecule has 1 aliphatic carbocycles. The number of hydrogen-bond acceptors (Lipinski definition) is 7. The Morgan fingerprint density at radius 1 is 1.00 bits per heavy atom. The van der Waals surface area contributed by atoms with E-state index >= 15 is 0 Å². The largest absolute Gasteiger partial charge is 0.393 e. The van der Waals surface area contributed by atoms with Crippen molar-refractivity contribution in [1.82, 2.24) is 5.32 Å². The summed E-state index contributed by atoms with van der Waals surface area (Å²) in [6.07, 6.45) is 0. The average Bonchev–Trinajstić information content (AvgIpc) is 2.48. The highest BCUT2D eigenvalue weighted by Gasteiger charge is 2.81. The third-order valence-electron chi connectivity index (χ3n) is 3.63. The molecule has 3 aliphatic rings. The lowest BCUT2D eigenvalue weighted by atomic mass is 9.53. The average molecular weight is 225 g/mol. The van der Waals surface area contributed by atoms with Gasteiger partial charge in [0.2, 0.25) is 0 Å². The van der Waals surface area contributed by atoms with Crippen molar-refractivity contribution in [3.05, 3.63) is 0 Å². The van der Waals surface area contributed by atoms with E-state index in [1.165, 1.54) is 7.05 Å². The Labute approximate surface area is 89.1 Å². The minimum atomic E-state index is -1.40. The number of hydrogen-bond donors (Lipinski definition) is 1. The Morgan fingerprint density at radius 3 is 2.12 bits per heavy atom. The van der Waals surface area contributed by atoms with Gasteiger partial charge in [-0.15, -0.1) is 0 Å². The zero-order valence-corrected chi connectivity index (χ0v) is 8.18. The molecule has 7 nitrogen and oxygen atoms in total. The van der Waals surface area contributed by atoms with Crippen molar-refractivity contribution in [3.63, 3.8) is 0 Å². The zero-order valence-electron chi connectivity index (χ0n) is 8.18. The highest BCUT2D eigenvalue weighted by molar-refractivity contribution is 6.14. The number of ether oxygens (including phenoxy) is 2. The number of likely N-dealkylation sites (N-methyl/N-ethyl adjacent to an activating group) is 1. The second-order valence-corrected chi connectivity index (χ2v) is 4.05. The van der Waals surface area contributed by atoms with Gasteiger partial charge in [0.1, 0.15) is 17.4 Å². The number of carbonyl (C=O) groups is 4. The van der Waals surface area contributed by atoms with E-state index in [0.29, 0.717) is 0 Å². The van der Waals surface area contributed by atoms with E-state index in [9.17, 15) is 19.2 Å². The van der Waals surface area contributed by atoms with E-state index in [-0.39, 0.29) is 0 Å². The summed E-state index contributed by atoms with van der Waals surface area (Å²) >= 11 is 0. The minimum absolute atomic E-state index is 0.752. The summed E-state index contributed by atoms with van der Waals surface area (Å²) in [4.78, 5) is 45.7. The van der Waals surface area contributed by atoms with Crippen LogP contribution < -0.4 is 5.32 Å². The fraction of sp³-hybridized carbons (Fsp3) is 0.556. The molecule has 0 spiro atoms. The van der Waals surface area contributed by atoms with Crippen LogP contribution in [0.15, 0.2) is 0 Å². The third-order valence-corrected chi connectivity index (χ3v) is 3.63. The molecule has 0 aromatic rings. The molecule has 2 aliphatic heterocycles. The summed E-state index contributed by atoms with van der Waals surface area (Å²) in [5.41, 5.74) is -1.40. The fourth-order valence-corrected chi connectivity index (χ4v) is 2.91. The van der Waals surface area contributed by atoms with Gasteiger partial charge < -0.3 is 14.8 Å². The summed E-state index contributed by atoms with van der Waals surface area (Å²) in [5, 5.41) is 2.63. The summed E-state index contributed by atoms with van der Waals surface area (Å²) in [5.74, 6) is -5.85. The number of nitrogens with one attached hydrogen (secondary N) is 1. The van der Waals surface area contributed by atoms with Crippen LogP contribution >= 0.6 is 0 Å². The fourth-order valence-electron chi connectivity index (χ4n) is 2.91. The first-order valence-electron chi connectivity index (χ1n) is 4.74. The second kappa shape index (κ2) is 2.49. The monoisotopic (exact) mass is 225 g/mol. The number of esters is 4. The van der Waals surface area contributed by atoms with Crippen LogP contribution in [-0.4, -0.2) is 36.5 Å². The van der Waals surface area contributed by atoms with Gasteiger partial charge in [0.15, 0.2) is 0 Å². The first kappa shape index (κ1) is 9.46. The quantitative estimate of drug-likeness (QED) is 0.406. The van der Waals surface area contributed by atoms with Gasteiger partial charge in [0.05, 0.1) is 5.92 Å². The van der Waals surface area contributed by atoms with E-state index in [2.05, 4.69) is 14.8 Å². The van der Waals surface area contributed by atoms with Crippen LogP contribution in [0.5, 0.6) is 0 Å². The maximum absolute atomic E-state index is 11.6. The van der Waals surface area contributed by atoms with Crippen molar-refractivity contribution in [2.75, 3.05) is 7.05 Å². The molecule has 0 bridgehead atoms. The smallest absolute Gasteiger partial charge is 0.335 e. The molecule has 0 radical (unpaired) electrons. The van der Waals surface area contributed by atoms with Gasteiger partial charge in [-0.05, 0) is 7.05 Å². The molecule has 0 aromatic heterocycles. The lowest BCUT2D eigenvalue weighted by Gasteiger charge is -2.45. The van der Waals surface area contributed by atoms with Crippen LogP contribution in [0.1, 0.15) is 0 Å². The van der Waals surface area contributed by atoms with Crippen LogP contribution in [0.25, 0.3) is 0 Å². The van der Waals surface area contributed by atoms with E-state index < -0.39 is 47.2 Å². The van der Waals surface area contributed by atoms with Crippen LogP contribution in [0, 0.1) is 17.8 Å². The Hall–Kier alpha value is -1.76. The van der Waals surface area contributed by atoms with Crippen LogP contribution in [-0.2, 0) is 28.7 Å². The number of carbonyl (C=O) groups excluding carboxylic acids is 4. The molecular weight excluding hydrogens is 218 g/mol. The first-order valence-corrected chi connectivity index (χ1v) is 4.74. The molecule has 16 heavy (non-hydrogen) atoms. The van der Waals surface area contributed by atoms with E-state index in [0.717, 1.165) is 0 Å². The van der Waals surface area contributed by atoms with Crippen molar-refractivity contribution in [3.8, 4) is 0 Å². The maximum atomic E-state index is 11.6. The lowest BCUT2D eigenvalue weighted by molar-refractivity contribution is -0.159. The topological polar surface area (TPSA) is 98.8 Å². The van der Waals surface area contributed by atoms with E-state index in [4.69, 9.17) is 0 Å². The molecule has 2 saturated heterocycles. The predicted octanol–water partition coefficient (Wildman–Crippen LogP) is -2.03. The molecule has 3 rings (SSSR count). The normalized spacial score (nSPS) is 44.7. The van der Waals surface area contributed by atoms with Gasteiger partial charge in [-0.25, -0.2) is 4.79 Å². The molecule has 1 N–H and O–H groups in total. The molecule has 4 atom stereocenters. The molecule has 7 heteroatoms. The van der Waals surface area contributed by atoms with Crippen molar-refractivity contribution in [1.29, 1.82) is 0 Å². The van der Waals surface area contributed by atoms with Crippen molar-refractivity contribution in [2.24, 2.45) is 17.8 Å². The van der Waals surface area contributed by atoms with Gasteiger partial charge in [-0.3, -0.25) is 14.4 Å². The molecule has 3 fully saturated rings. The number of rotatable bonds is 1. The SMILES string of the molecule is CNC12C(=O)OC(=O)C1C1C(=O)OC(=O)C12.